The standard InChI is InChI=1S/C32H28ClN5O4/c1-19-28(36-38(17-20-6-3-2-4-7-20)29(19)22-8-5-9-24(33)15-22)31(41)34-16-21-10-11-25-23(14-21)18-37(32(25)42)26-12-13-27(39)35-30(26)40/h2-11,14-15,26H,12-13,16-18H2,1H3,(H,34,41)(H,35,39,40). The highest BCUT2D eigenvalue weighted by atomic mass is 35.5. The van der Waals surface area contributed by atoms with Gasteiger partial charge in [-0.1, -0.05) is 66.2 Å². The van der Waals surface area contributed by atoms with E-state index in [0.29, 0.717) is 29.2 Å². The van der Waals surface area contributed by atoms with E-state index in [1.807, 2.05) is 66.2 Å². The fourth-order valence-corrected chi connectivity index (χ4v) is 5.83. The van der Waals surface area contributed by atoms with Gasteiger partial charge < -0.3 is 10.2 Å². The molecule has 0 saturated carbocycles. The van der Waals surface area contributed by atoms with Crippen molar-refractivity contribution >= 4 is 35.2 Å². The molecule has 10 heteroatoms. The number of nitrogens with one attached hydrogen (secondary N) is 2. The van der Waals surface area contributed by atoms with Crippen LogP contribution in [0.5, 0.6) is 0 Å². The number of aromatic nitrogens is 2. The zero-order valence-electron chi connectivity index (χ0n) is 22.9. The summed E-state index contributed by atoms with van der Waals surface area (Å²) in [6.45, 7) is 2.87. The van der Waals surface area contributed by atoms with Crippen molar-refractivity contribution in [3.63, 3.8) is 0 Å². The van der Waals surface area contributed by atoms with Crippen molar-refractivity contribution in [2.24, 2.45) is 0 Å². The highest BCUT2D eigenvalue weighted by Crippen LogP contribution is 2.30. The number of amides is 4. The van der Waals surface area contributed by atoms with Gasteiger partial charge >= 0.3 is 0 Å². The summed E-state index contributed by atoms with van der Waals surface area (Å²) in [5.74, 6) is -1.31. The number of halogens is 1. The predicted molar refractivity (Wildman–Crippen MR) is 157 cm³/mol. The molecular weight excluding hydrogens is 554 g/mol. The summed E-state index contributed by atoms with van der Waals surface area (Å²) >= 11 is 6.30. The van der Waals surface area contributed by atoms with Crippen molar-refractivity contribution in [2.75, 3.05) is 0 Å². The lowest BCUT2D eigenvalue weighted by atomic mass is 10.0. The molecule has 4 aromatic rings. The number of imide groups is 1. The van der Waals surface area contributed by atoms with Gasteiger partial charge in [-0.25, -0.2) is 0 Å². The summed E-state index contributed by atoms with van der Waals surface area (Å²) in [5.41, 5.74) is 5.92. The lowest BCUT2D eigenvalue weighted by Crippen LogP contribution is -2.52. The van der Waals surface area contributed by atoms with Gasteiger partial charge in [0.1, 0.15) is 6.04 Å². The van der Waals surface area contributed by atoms with Crippen molar-refractivity contribution < 1.29 is 19.2 Å². The largest absolute Gasteiger partial charge is 0.347 e. The van der Waals surface area contributed by atoms with E-state index in [0.717, 1.165) is 33.5 Å². The summed E-state index contributed by atoms with van der Waals surface area (Å²) in [7, 11) is 0. The van der Waals surface area contributed by atoms with Crippen molar-refractivity contribution in [3.05, 3.63) is 111 Å². The molecule has 2 aliphatic rings. The first-order valence-electron chi connectivity index (χ1n) is 13.7. The molecule has 1 atom stereocenters. The van der Waals surface area contributed by atoms with E-state index in [-0.39, 0.29) is 37.2 Å². The van der Waals surface area contributed by atoms with Crippen molar-refractivity contribution in [1.29, 1.82) is 0 Å². The maximum Gasteiger partial charge on any atom is 0.272 e. The zero-order chi connectivity index (χ0) is 29.4. The second-order valence-corrected chi connectivity index (χ2v) is 11.0. The molecule has 212 valence electrons. The molecule has 3 aromatic carbocycles. The van der Waals surface area contributed by atoms with Gasteiger partial charge in [-0.3, -0.25) is 29.2 Å². The molecule has 0 aliphatic carbocycles. The van der Waals surface area contributed by atoms with Crippen LogP contribution in [0.15, 0.2) is 72.8 Å². The fourth-order valence-electron chi connectivity index (χ4n) is 5.64. The Hall–Kier alpha value is -4.76. The van der Waals surface area contributed by atoms with Gasteiger partial charge in [-0.15, -0.1) is 0 Å². The second-order valence-electron chi connectivity index (χ2n) is 10.5. The number of nitrogens with zero attached hydrogens (tertiary/aromatic N) is 3. The van der Waals surface area contributed by atoms with Crippen LogP contribution in [0.25, 0.3) is 11.3 Å². The third kappa shape index (κ3) is 5.31. The Balaban J connectivity index is 1.20. The minimum absolute atomic E-state index is 0.202. The quantitative estimate of drug-likeness (QED) is 0.317. The van der Waals surface area contributed by atoms with Crippen molar-refractivity contribution in [3.8, 4) is 11.3 Å². The highest BCUT2D eigenvalue weighted by Gasteiger charge is 2.39. The van der Waals surface area contributed by atoms with Gasteiger partial charge in [-0.2, -0.15) is 5.10 Å². The lowest BCUT2D eigenvalue weighted by molar-refractivity contribution is -0.136. The van der Waals surface area contributed by atoms with Gasteiger partial charge in [0.05, 0.1) is 12.2 Å². The summed E-state index contributed by atoms with van der Waals surface area (Å²) in [4.78, 5) is 51.8. The van der Waals surface area contributed by atoms with Crippen molar-refractivity contribution in [2.45, 2.75) is 45.4 Å². The number of hydrogen-bond donors (Lipinski definition) is 2. The molecule has 0 bridgehead atoms. The molecule has 6 rings (SSSR count). The van der Waals surface area contributed by atoms with E-state index >= 15 is 0 Å². The Bertz CT molecular complexity index is 1730. The van der Waals surface area contributed by atoms with Crippen LogP contribution < -0.4 is 10.6 Å². The van der Waals surface area contributed by atoms with E-state index in [9.17, 15) is 19.2 Å². The molecule has 2 aliphatic heterocycles. The van der Waals surface area contributed by atoms with Crippen LogP contribution in [-0.4, -0.2) is 44.4 Å². The molecule has 1 aromatic heterocycles. The molecule has 0 spiro atoms. The molecule has 2 N–H and O–H groups in total. The number of carbonyl (C=O) groups excluding carboxylic acids is 4. The van der Waals surface area contributed by atoms with E-state index in [2.05, 4.69) is 10.6 Å². The lowest BCUT2D eigenvalue weighted by Gasteiger charge is -2.29. The first kappa shape index (κ1) is 27.4. The Morgan fingerprint density at radius 2 is 1.83 bits per heavy atom. The molecular formula is C32H28ClN5O4. The van der Waals surface area contributed by atoms with E-state index in [4.69, 9.17) is 16.7 Å². The first-order valence-corrected chi connectivity index (χ1v) is 14.1. The maximum absolute atomic E-state index is 13.4. The highest BCUT2D eigenvalue weighted by molar-refractivity contribution is 6.30. The second kappa shape index (κ2) is 11.3. The van der Waals surface area contributed by atoms with Crippen LogP contribution in [0.1, 0.15) is 55.9 Å². The zero-order valence-corrected chi connectivity index (χ0v) is 23.6. The topological polar surface area (TPSA) is 113 Å². The van der Waals surface area contributed by atoms with Gasteiger partial charge in [0.25, 0.3) is 11.8 Å². The van der Waals surface area contributed by atoms with Crippen LogP contribution in [0.3, 0.4) is 0 Å². The monoisotopic (exact) mass is 581 g/mol. The van der Waals surface area contributed by atoms with Crippen LogP contribution in [0.2, 0.25) is 5.02 Å². The number of piperidine rings is 1. The molecule has 4 amide bonds. The molecule has 1 saturated heterocycles. The number of rotatable bonds is 7. The molecule has 0 radical (unpaired) electrons. The van der Waals surface area contributed by atoms with E-state index in [1.165, 1.54) is 4.90 Å². The molecule has 9 nitrogen and oxygen atoms in total. The van der Waals surface area contributed by atoms with Crippen molar-refractivity contribution in [1.82, 2.24) is 25.3 Å². The summed E-state index contributed by atoms with van der Waals surface area (Å²) in [5, 5.41) is 10.6. The molecule has 42 heavy (non-hydrogen) atoms. The van der Waals surface area contributed by atoms with Crippen LogP contribution in [0.4, 0.5) is 0 Å². The van der Waals surface area contributed by atoms with Gasteiger partial charge in [0.2, 0.25) is 11.8 Å². The number of hydrogen-bond acceptors (Lipinski definition) is 5. The fraction of sp³-hybridized carbons (Fsp3) is 0.219. The van der Waals surface area contributed by atoms with Gasteiger partial charge in [0, 0.05) is 41.2 Å². The maximum atomic E-state index is 13.4. The van der Waals surface area contributed by atoms with Gasteiger partial charge in [0.15, 0.2) is 5.69 Å². The Morgan fingerprint density at radius 3 is 2.60 bits per heavy atom. The van der Waals surface area contributed by atoms with Gasteiger partial charge in [-0.05, 0) is 48.2 Å². The van der Waals surface area contributed by atoms with Crippen LogP contribution >= 0.6 is 11.6 Å². The minimum atomic E-state index is -0.673. The number of benzene rings is 3. The summed E-state index contributed by atoms with van der Waals surface area (Å²) in [6, 6.07) is 22.1. The third-order valence-electron chi connectivity index (χ3n) is 7.72. The van der Waals surface area contributed by atoms with E-state index < -0.39 is 11.9 Å². The average Bonchev–Trinajstić information content (AvgIpc) is 3.47. The van der Waals surface area contributed by atoms with E-state index in [1.54, 1.807) is 18.2 Å². The average molecular weight is 582 g/mol. The molecule has 3 heterocycles. The normalized spacial score (nSPS) is 16.4. The minimum Gasteiger partial charge on any atom is -0.347 e. The molecule has 1 fully saturated rings. The third-order valence-corrected chi connectivity index (χ3v) is 7.95. The number of carbonyl (C=O) groups is 4. The Morgan fingerprint density at radius 1 is 1.02 bits per heavy atom. The summed E-state index contributed by atoms with van der Waals surface area (Å²) < 4.78 is 1.83. The van der Waals surface area contributed by atoms with Crippen LogP contribution in [0, 0.1) is 6.92 Å². The SMILES string of the molecule is Cc1c(C(=O)NCc2ccc3c(c2)CN(C2CCC(=O)NC2=O)C3=O)nn(Cc2ccccc2)c1-c1cccc(Cl)c1. The molecule has 1 unspecified atom stereocenters. The predicted octanol–water partition coefficient (Wildman–Crippen LogP) is 4.25. The van der Waals surface area contributed by atoms with Crippen LogP contribution in [-0.2, 0) is 29.2 Å². The Labute approximate surface area is 247 Å². The number of fused-ring (bicyclic) bond motifs is 1. The smallest absolute Gasteiger partial charge is 0.272 e. The summed E-state index contributed by atoms with van der Waals surface area (Å²) in [6.07, 6.45) is 0.508. The first-order chi connectivity index (χ1) is 20.3. The Kier molecular flexibility index (Phi) is 7.34.